The summed E-state index contributed by atoms with van der Waals surface area (Å²) in [5.74, 6) is 1.12. The third-order valence-electron chi connectivity index (χ3n) is 4.96. The molecule has 8 nitrogen and oxygen atoms in total. The number of anilines is 1. The van der Waals surface area contributed by atoms with E-state index in [9.17, 15) is 4.79 Å². The fraction of sp³-hybridized carbons (Fsp3) is 0.208. The largest absolute Gasteiger partial charge is 0.493 e. The Labute approximate surface area is 186 Å². The fourth-order valence-corrected chi connectivity index (χ4v) is 3.32. The topological polar surface area (TPSA) is 85.3 Å². The molecular weight excluding hydrogens is 408 g/mol. The Kier molecular flexibility index (Phi) is 6.62. The van der Waals surface area contributed by atoms with Gasteiger partial charge in [-0.05, 0) is 48.0 Å². The first-order valence-electron chi connectivity index (χ1n) is 10.1. The normalized spacial score (nSPS) is 13.3. The molecule has 1 aliphatic rings. The van der Waals surface area contributed by atoms with Gasteiger partial charge >= 0.3 is 0 Å². The van der Waals surface area contributed by atoms with Crippen molar-refractivity contribution >= 4 is 17.3 Å². The number of hydrogen-bond acceptors (Lipinski definition) is 7. The fourth-order valence-electron chi connectivity index (χ4n) is 3.32. The molecule has 0 spiro atoms. The van der Waals surface area contributed by atoms with E-state index in [0.29, 0.717) is 42.6 Å². The molecule has 1 N–H and O–H groups in total. The Morgan fingerprint density at radius 1 is 1.09 bits per heavy atom. The number of ether oxygens (including phenoxy) is 3. The summed E-state index contributed by atoms with van der Waals surface area (Å²) < 4.78 is 16.4. The van der Waals surface area contributed by atoms with E-state index < -0.39 is 0 Å². The Bertz CT molecular complexity index is 1100. The zero-order valence-corrected chi connectivity index (χ0v) is 17.9. The van der Waals surface area contributed by atoms with Gasteiger partial charge in [0.2, 0.25) is 0 Å². The number of pyridine rings is 1. The summed E-state index contributed by atoms with van der Waals surface area (Å²) in [6, 6.07) is 16.8. The molecule has 4 rings (SSSR count). The van der Waals surface area contributed by atoms with Gasteiger partial charge in [-0.1, -0.05) is 12.1 Å². The molecule has 8 heteroatoms. The first kappa shape index (κ1) is 21.3. The maximum absolute atomic E-state index is 12.3. The van der Waals surface area contributed by atoms with E-state index in [-0.39, 0.29) is 5.91 Å². The molecule has 0 fully saturated rings. The molecule has 32 heavy (non-hydrogen) atoms. The number of hydrogen-bond donors (Lipinski definition) is 1. The molecule has 0 radical (unpaired) electrons. The Balaban J connectivity index is 1.42. The lowest BCUT2D eigenvalue weighted by Gasteiger charge is -2.26. The molecular formula is C24H24N4O4. The van der Waals surface area contributed by atoms with Gasteiger partial charge in [-0.25, -0.2) is 0 Å². The lowest BCUT2D eigenvalue weighted by atomic mass is 10.1. The summed E-state index contributed by atoms with van der Waals surface area (Å²) in [4.78, 5) is 16.2. The number of carbonyl (C=O) groups is 1. The number of nitrogens with zero attached hydrogens (tertiary/aromatic N) is 3. The minimum absolute atomic E-state index is 0.195. The van der Waals surface area contributed by atoms with Crippen LogP contribution < -0.4 is 14.8 Å². The number of carbonyl (C=O) groups excluding carboxylic acids is 1. The highest BCUT2D eigenvalue weighted by Gasteiger charge is 2.16. The van der Waals surface area contributed by atoms with E-state index >= 15 is 0 Å². The van der Waals surface area contributed by atoms with Gasteiger partial charge in [-0.2, -0.15) is 5.10 Å². The van der Waals surface area contributed by atoms with Gasteiger partial charge in [0.15, 0.2) is 11.5 Å². The number of rotatable bonds is 7. The number of aromatic nitrogens is 1. The highest BCUT2D eigenvalue weighted by molar-refractivity contribution is 6.04. The summed E-state index contributed by atoms with van der Waals surface area (Å²) in [7, 11) is 3.21. The maximum atomic E-state index is 12.3. The van der Waals surface area contributed by atoms with E-state index in [1.165, 1.54) is 6.20 Å². The molecule has 0 saturated carbocycles. The van der Waals surface area contributed by atoms with Crippen molar-refractivity contribution in [3.05, 3.63) is 83.7 Å². The van der Waals surface area contributed by atoms with Crippen molar-refractivity contribution < 1.29 is 19.0 Å². The molecule has 2 heterocycles. The molecule has 1 amide bonds. The van der Waals surface area contributed by atoms with Crippen LogP contribution in [0.1, 0.15) is 21.5 Å². The SMILES string of the molecule is COc1ccc(C2=NN(Cc3ccc(NC(=O)c4cccnc4)cc3)COC2)cc1OC. The summed E-state index contributed by atoms with van der Waals surface area (Å²) in [5, 5.41) is 9.47. The first-order chi connectivity index (χ1) is 15.7. The van der Waals surface area contributed by atoms with Gasteiger partial charge < -0.3 is 19.5 Å². The molecule has 0 atom stereocenters. The predicted octanol–water partition coefficient (Wildman–Crippen LogP) is 3.55. The van der Waals surface area contributed by atoms with Crippen molar-refractivity contribution in [1.82, 2.24) is 9.99 Å². The van der Waals surface area contributed by atoms with Gasteiger partial charge in [0.1, 0.15) is 6.73 Å². The van der Waals surface area contributed by atoms with Crippen molar-refractivity contribution in [3.63, 3.8) is 0 Å². The van der Waals surface area contributed by atoms with Crippen LogP contribution in [-0.4, -0.2) is 49.2 Å². The smallest absolute Gasteiger partial charge is 0.257 e. The zero-order valence-electron chi connectivity index (χ0n) is 17.9. The number of hydrazone groups is 1. The minimum Gasteiger partial charge on any atom is -0.493 e. The average molecular weight is 432 g/mol. The quantitative estimate of drug-likeness (QED) is 0.615. The van der Waals surface area contributed by atoms with Crippen LogP contribution in [0, 0.1) is 0 Å². The van der Waals surface area contributed by atoms with E-state index in [1.54, 1.807) is 32.5 Å². The van der Waals surface area contributed by atoms with E-state index in [4.69, 9.17) is 19.3 Å². The summed E-state index contributed by atoms with van der Waals surface area (Å²) in [6.07, 6.45) is 3.17. The summed E-state index contributed by atoms with van der Waals surface area (Å²) in [6.45, 7) is 1.40. The monoisotopic (exact) mass is 432 g/mol. The molecule has 2 aromatic carbocycles. The van der Waals surface area contributed by atoms with E-state index in [0.717, 1.165) is 16.8 Å². The molecule has 164 valence electrons. The molecule has 0 unspecified atom stereocenters. The van der Waals surface area contributed by atoms with Crippen molar-refractivity contribution in [2.75, 3.05) is 32.9 Å². The second-order valence-corrected chi connectivity index (χ2v) is 7.15. The molecule has 0 bridgehead atoms. The molecule has 1 aromatic heterocycles. The Morgan fingerprint density at radius 2 is 1.91 bits per heavy atom. The van der Waals surface area contributed by atoms with Gasteiger partial charge in [0, 0.05) is 23.6 Å². The van der Waals surface area contributed by atoms with Crippen LogP contribution in [0.3, 0.4) is 0 Å². The lowest BCUT2D eigenvalue weighted by Crippen LogP contribution is -2.30. The van der Waals surface area contributed by atoms with Crippen LogP contribution in [0.25, 0.3) is 0 Å². The maximum Gasteiger partial charge on any atom is 0.257 e. The number of nitrogens with one attached hydrogen (secondary N) is 1. The highest BCUT2D eigenvalue weighted by Crippen LogP contribution is 2.28. The lowest BCUT2D eigenvalue weighted by molar-refractivity contribution is 0.0295. The predicted molar refractivity (Wildman–Crippen MR) is 121 cm³/mol. The van der Waals surface area contributed by atoms with Crippen LogP contribution in [0.5, 0.6) is 11.5 Å². The number of methoxy groups -OCH3 is 2. The van der Waals surface area contributed by atoms with Crippen molar-refractivity contribution in [2.45, 2.75) is 6.54 Å². The van der Waals surface area contributed by atoms with Crippen LogP contribution in [0.15, 0.2) is 72.1 Å². The van der Waals surface area contributed by atoms with Crippen LogP contribution in [0.4, 0.5) is 5.69 Å². The average Bonchev–Trinajstić information content (AvgIpc) is 2.85. The second kappa shape index (κ2) is 9.93. The third kappa shape index (κ3) is 5.04. The number of benzene rings is 2. The molecule has 0 saturated heterocycles. The van der Waals surface area contributed by atoms with Crippen LogP contribution in [0.2, 0.25) is 0 Å². The standard InChI is InChI=1S/C24H24N4O4/c1-30-22-10-7-18(12-23(22)31-2)21-15-32-16-28(27-21)14-17-5-8-20(9-6-17)26-24(29)19-4-3-11-25-13-19/h3-13H,14-16H2,1-2H3,(H,26,29). The molecule has 1 aliphatic heterocycles. The van der Waals surface area contributed by atoms with Gasteiger partial charge in [0.05, 0.1) is 38.6 Å². The van der Waals surface area contributed by atoms with Gasteiger partial charge in [-0.3, -0.25) is 14.8 Å². The van der Waals surface area contributed by atoms with Gasteiger partial charge in [0.25, 0.3) is 5.91 Å². The Morgan fingerprint density at radius 3 is 2.62 bits per heavy atom. The zero-order chi connectivity index (χ0) is 22.3. The summed E-state index contributed by atoms with van der Waals surface area (Å²) >= 11 is 0. The van der Waals surface area contributed by atoms with E-state index in [2.05, 4.69) is 10.3 Å². The van der Waals surface area contributed by atoms with Crippen molar-refractivity contribution in [1.29, 1.82) is 0 Å². The van der Waals surface area contributed by atoms with Crippen molar-refractivity contribution in [3.8, 4) is 11.5 Å². The van der Waals surface area contributed by atoms with E-state index in [1.807, 2.05) is 47.5 Å². The number of amides is 1. The Hall–Kier alpha value is -3.91. The highest BCUT2D eigenvalue weighted by atomic mass is 16.5. The van der Waals surface area contributed by atoms with Crippen LogP contribution >= 0.6 is 0 Å². The molecule has 3 aromatic rings. The van der Waals surface area contributed by atoms with Crippen molar-refractivity contribution in [2.24, 2.45) is 5.10 Å². The molecule has 0 aliphatic carbocycles. The minimum atomic E-state index is -0.195. The third-order valence-corrected chi connectivity index (χ3v) is 4.96. The second-order valence-electron chi connectivity index (χ2n) is 7.15. The first-order valence-corrected chi connectivity index (χ1v) is 10.1. The van der Waals surface area contributed by atoms with Crippen LogP contribution in [-0.2, 0) is 11.3 Å². The van der Waals surface area contributed by atoms with Gasteiger partial charge in [-0.15, -0.1) is 0 Å². The summed E-state index contributed by atoms with van der Waals surface area (Å²) in [5.41, 5.74) is 4.01.